The molecule has 0 aliphatic rings. The van der Waals surface area contributed by atoms with Gasteiger partial charge in [0.25, 0.3) is 0 Å². The fraction of sp³-hybridized carbons (Fsp3) is 0.238. The topological polar surface area (TPSA) is 91.7 Å². The minimum atomic E-state index is -0.168. The number of pyridine rings is 1. The number of nitrogen functional groups attached to an aromatic ring is 1. The van der Waals surface area contributed by atoms with Gasteiger partial charge in [-0.3, -0.25) is 4.98 Å². The predicted octanol–water partition coefficient (Wildman–Crippen LogP) is 3.90. The van der Waals surface area contributed by atoms with E-state index in [2.05, 4.69) is 52.4 Å². The van der Waals surface area contributed by atoms with Gasteiger partial charge in [-0.05, 0) is 44.5 Å². The van der Waals surface area contributed by atoms with Crippen LogP contribution in [0.4, 0.5) is 5.95 Å². The maximum absolute atomic E-state index is 5.60. The van der Waals surface area contributed by atoms with Crippen LogP contribution in [-0.2, 0) is 5.54 Å². The molecule has 1 aromatic carbocycles. The van der Waals surface area contributed by atoms with E-state index in [1.54, 1.807) is 31.9 Å². The zero-order valence-electron chi connectivity index (χ0n) is 16.3. The van der Waals surface area contributed by atoms with Crippen LogP contribution in [0.2, 0.25) is 0 Å². The van der Waals surface area contributed by atoms with Crippen LogP contribution in [0, 0.1) is 0 Å². The Bertz CT molecular complexity index is 1140. The van der Waals surface area contributed by atoms with Crippen molar-refractivity contribution in [2.75, 3.05) is 12.8 Å². The number of imidazole rings is 1. The van der Waals surface area contributed by atoms with E-state index in [-0.39, 0.29) is 11.5 Å². The first kappa shape index (κ1) is 17.9. The number of aromatic nitrogens is 5. The van der Waals surface area contributed by atoms with E-state index in [4.69, 9.17) is 15.5 Å². The van der Waals surface area contributed by atoms with Crippen LogP contribution < -0.4 is 10.5 Å². The van der Waals surface area contributed by atoms with Gasteiger partial charge in [-0.1, -0.05) is 6.07 Å². The van der Waals surface area contributed by atoms with Gasteiger partial charge in [0.15, 0.2) is 0 Å². The Balaban J connectivity index is 1.93. The van der Waals surface area contributed by atoms with E-state index >= 15 is 0 Å². The van der Waals surface area contributed by atoms with Crippen molar-refractivity contribution in [3.05, 3.63) is 49.1 Å². The molecule has 0 aliphatic heterocycles. The smallest absolute Gasteiger partial charge is 0.219 e. The highest BCUT2D eigenvalue weighted by molar-refractivity contribution is 5.85. The summed E-state index contributed by atoms with van der Waals surface area (Å²) in [5.74, 6) is 1.80. The van der Waals surface area contributed by atoms with Crippen molar-refractivity contribution in [1.82, 2.24) is 24.5 Å². The summed E-state index contributed by atoms with van der Waals surface area (Å²) in [6.45, 7) is 6.48. The van der Waals surface area contributed by atoms with Gasteiger partial charge in [-0.25, -0.2) is 15.0 Å². The first-order valence-corrected chi connectivity index (χ1v) is 8.97. The second kappa shape index (κ2) is 6.60. The van der Waals surface area contributed by atoms with Crippen LogP contribution >= 0.6 is 0 Å². The monoisotopic (exact) mass is 374 g/mol. The van der Waals surface area contributed by atoms with Crippen LogP contribution in [0.3, 0.4) is 0 Å². The summed E-state index contributed by atoms with van der Waals surface area (Å²) < 4.78 is 7.56. The molecule has 4 aromatic rings. The maximum atomic E-state index is 5.60. The number of nitrogens with zero attached hydrogens (tertiary/aromatic N) is 5. The number of hydrogen-bond donors (Lipinski definition) is 1. The van der Waals surface area contributed by atoms with Gasteiger partial charge >= 0.3 is 0 Å². The molecule has 0 saturated heterocycles. The molecule has 2 N–H and O–H groups in total. The summed E-state index contributed by atoms with van der Waals surface area (Å²) in [5.41, 5.74) is 10.2. The molecule has 4 rings (SSSR count). The van der Waals surface area contributed by atoms with Crippen molar-refractivity contribution in [3.8, 4) is 28.3 Å². The van der Waals surface area contributed by atoms with Crippen molar-refractivity contribution in [2.45, 2.75) is 26.3 Å². The average molecular weight is 374 g/mol. The number of methoxy groups -OCH3 is 1. The lowest BCUT2D eigenvalue weighted by Crippen LogP contribution is -2.22. The molecule has 0 atom stereocenters. The van der Waals surface area contributed by atoms with Crippen molar-refractivity contribution in [3.63, 3.8) is 0 Å². The number of hydrogen-bond acceptors (Lipinski definition) is 6. The van der Waals surface area contributed by atoms with Crippen molar-refractivity contribution >= 4 is 17.0 Å². The summed E-state index contributed by atoms with van der Waals surface area (Å²) in [6, 6.07) is 8.12. The highest BCUT2D eigenvalue weighted by Gasteiger charge is 2.23. The number of anilines is 1. The second-order valence-electron chi connectivity index (χ2n) is 7.59. The van der Waals surface area contributed by atoms with Crippen LogP contribution in [0.15, 0.2) is 49.1 Å². The normalized spacial score (nSPS) is 11.7. The highest BCUT2D eigenvalue weighted by atomic mass is 16.5. The van der Waals surface area contributed by atoms with Gasteiger partial charge in [0.2, 0.25) is 5.95 Å². The Morgan fingerprint density at radius 2 is 1.68 bits per heavy atom. The minimum absolute atomic E-state index is 0.168. The van der Waals surface area contributed by atoms with Gasteiger partial charge in [0.05, 0.1) is 24.3 Å². The van der Waals surface area contributed by atoms with E-state index in [0.717, 1.165) is 33.5 Å². The van der Waals surface area contributed by atoms with Crippen LogP contribution in [0.25, 0.3) is 33.5 Å². The molecular weight excluding hydrogens is 352 g/mol. The lowest BCUT2D eigenvalue weighted by Gasteiger charge is -2.24. The van der Waals surface area contributed by atoms with Gasteiger partial charge in [-0.15, -0.1) is 0 Å². The second-order valence-corrected chi connectivity index (χ2v) is 7.59. The van der Waals surface area contributed by atoms with E-state index in [0.29, 0.717) is 5.75 Å². The summed E-state index contributed by atoms with van der Waals surface area (Å²) >= 11 is 0. The lowest BCUT2D eigenvalue weighted by molar-refractivity contribution is 0.409. The van der Waals surface area contributed by atoms with Crippen LogP contribution in [-0.4, -0.2) is 31.6 Å². The maximum Gasteiger partial charge on any atom is 0.219 e. The third-order valence-electron chi connectivity index (χ3n) is 4.54. The highest BCUT2D eigenvalue weighted by Crippen LogP contribution is 2.33. The number of rotatable bonds is 3. The average Bonchev–Trinajstić information content (AvgIpc) is 3.08. The SMILES string of the molecule is COc1cncc(-c2nc3cc(-c4cnc(N)nc4)ccc3n2C(C)(C)C)c1. The van der Waals surface area contributed by atoms with Gasteiger partial charge in [-0.2, -0.15) is 0 Å². The zero-order chi connectivity index (χ0) is 19.9. The molecule has 0 amide bonds. The fourth-order valence-corrected chi connectivity index (χ4v) is 3.27. The molecule has 0 fully saturated rings. The number of nitrogens with two attached hydrogens (primary N) is 1. The molecule has 28 heavy (non-hydrogen) atoms. The van der Waals surface area contributed by atoms with E-state index < -0.39 is 0 Å². The van der Waals surface area contributed by atoms with E-state index in [1.807, 2.05) is 12.1 Å². The molecular formula is C21H22N6O. The largest absolute Gasteiger partial charge is 0.495 e. The molecule has 0 unspecified atom stereocenters. The number of fused-ring (bicyclic) bond motifs is 1. The number of ether oxygens (including phenoxy) is 1. The first-order valence-electron chi connectivity index (χ1n) is 8.97. The van der Waals surface area contributed by atoms with E-state index in [1.165, 1.54) is 0 Å². The Labute approximate surface area is 163 Å². The molecule has 142 valence electrons. The standard InChI is InChI=1S/C21H22N6O/c1-21(2,3)27-18-6-5-13(15-10-24-20(22)25-11-15)8-17(18)26-19(27)14-7-16(28-4)12-23-9-14/h5-12H,1-4H3,(H2,22,24,25). The molecule has 0 saturated carbocycles. The summed E-state index contributed by atoms with van der Waals surface area (Å²) in [4.78, 5) is 17.4. The fourth-order valence-electron chi connectivity index (χ4n) is 3.27. The van der Waals surface area contributed by atoms with Crippen molar-refractivity contribution < 1.29 is 4.74 Å². The van der Waals surface area contributed by atoms with E-state index in [9.17, 15) is 0 Å². The minimum Gasteiger partial charge on any atom is -0.495 e. The molecule has 3 heterocycles. The Morgan fingerprint density at radius 3 is 2.36 bits per heavy atom. The Morgan fingerprint density at radius 1 is 0.929 bits per heavy atom. The quantitative estimate of drug-likeness (QED) is 0.585. The first-order chi connectivity index (χ1) is 13.4. The summed E-state index contributed by atoms with van der Waals surface area (Å²) in [5, 5.41) is 0. The third kappa shape index (κ3) is 3.15. The van der Waals surface area contributed by atoms with Crippen molar-refractivity contribution in [1.29, 1.82) is 0 Å². The zero-order valence-corrected chi connectivity index (χ0v) is 16.3. The third-order valence-corrected chi connectivity index (χ3v) is 4.54. The van der Waals surface area contributed by atoms with Crippen LogP contribution in [0.1, 0.15) is 20.8 Å². The molecule has 0 spiro atoms. The molecule has 0 aliphatic carbocycles. The predicted molar refractivity (Wildman–Crippen MR) is 110 cm³/mol. The van der Waals surface area contributed by atoms with Gasteiger partial charge in [0, 0.05) is 35.3 Å². The number of benzene rings is 1. The molecule has 3 aromatic heterocycles. The van der Waals surface area contributed by atoms with Crippen LogP contribution in [0.5, 0.6) is 5.75 Å². The molecule has 0 radical (unpaired) electrons. The van der Waals surface area contributed by atoms with Gasteiger partial charge < -0.3 is 15.0 Å². The summed E-state index contributed by atoms with van der Waals surface area (Å²) in [7, 11) is 1.63. The molecule has 7 nitrogen and oxygen atoms in total. The van der Waals surface area contributed by atoms with Gasteiger partial charge in [0.1, 0.15) is 11.6 Å². The Kier molecular flexibility index (Phi) is 4.22. The molecule has 0 bridgehead atoms. The van der Waals surface area contributed by atoms with Crippen molar-refractivity contribution in [2.24, 2.45) is 0 Å². The summed E-state index contributed by atoms with van der Waals surface area (Å²) in [6.07, 6.45) is 6.93. The molecule has 7 heteroatoms. The lowest BCUT2D eigenvalue weighted by atomic mass is 10.1. The Hall–Kier alpha value is -3.48.